The van der Waals surface area contributed by atoms with Crippen LogP contribution in [0.25, 0.3) is 0 Å². The topological polar surface area (TPSA) is 20.2 Å². The molecule has 0 aliphatic rings. The van der Waals surface area contributed by atoms with Crippen LogP contribution < -0.4 is 0 Å². The number of hydrogen-bond donors (Lipinski definition) is 1. The molecule has 11 heavy (non-hydrogen) atoms. The minimum atomic E-state index is -0.235. The molecule has 0 rings (SSSR count). The first-order valence-electron chi connectivity index (χ1n) is 4.11. The summed E-state index contributed by atoms with van der Waals surface area (Å²) >= 11 is 5.48. The molecule has 0 saturated heterocycles. The normalized spacial score (nSPS) is 13.0. The molecule has 1 unspecified atom stereocenters. The molecule has 1 atom stereocenters. The first-order valence-corrected chi connectivity index (χ1v) is 4.64. The molecule has 0 aromatic carbocycles. The SMILES string of the molecule is C=C(CC)CC(O)CCCCl. The van der Waals surface area contributed by atoms with E-state index in [0.29, 0.717) is 5.88 Å². The Bertz CT molecular complexity index is 112. The van der Waals surface area contributed by atoms with Gasteiger partial charge >= 0.3 is 0 Å². The summed E-state index contributed by atoms with van der Waals surface area (Å²) < 4.78 is 0. The fourth-order valence-corrected chi connectivity index (χ4v) is 1.05. The summed E-state index contributed by atoms with van der Waals surface area (Å²) in [4.78, 5) is 0. The monoisotopic (exact) mass is 176 g/mol. The predicted octanol–water partition coefficient (Wildman–Crippen LogP) is 2.72. The Balaban J connectivity index is 3.35. The van der Waals surface area contributed by atoms with E-state index in [2.05, 4.69) is 13.5 Å². The Morgan fingerprint density at radius 3 is 2.73 bits per heavy atom. The van der Waals surface area contributed by atoms with Crippen LogP contribution in [0.3, 0.4) is 0 Å². The molecule has 2 heteroatoms. The van der Waals surface area contributed by atoms with Crippen molar-refractivity contribution < 1.29 is 5.11 Å². The minimum absolute atomic E-state index is 0.235. The largest absolute Gasteiger partial charge is 0.393 e. The standard InChI is InChI=1S/C9H17ClO/c1-3-8(2)7-9(11)5-4-6-10/h9,11H,2-7H2,1H3. The van der Waals surface area contributed by atoms with Gasteiger partial charge in [-0.15, -0.1) is 11.6 Å². The van der Waals surface area contributed by atoms with Crippen molar-refractivity contribution in [2.45, 2.75) is 38.7 Å². The van der Waals surface area contributed by atoms with Crippen LogP contribution in [0.15, 0.2) is 12.2 Å². The molecular formula is C9H17ClO. The highest BCUT2D eigenvalue weighted by atomic mass is 35.5. The first-order chi connectivity index (χ1) is 5.20. The second kappa shape index (κ2) is 6.68. The van der Waals surface area contributed by atoms with Gasteiger partial charge in [0.25, 0.3) is 0 Å². The molecule has 66 valence electrons. The number of alkyl halides is 1. The highest BCUT2D eigenvalue weighted by Crippen LogP contribution is 2.11. The Kier molecular flexibility index (Phi) is 6.68. The Morgan fingerprint density at radius 2 is 2.27 bits per heavy atom. The van der Waals surface area contributed by atoms with Crippen molar-refractivity contribution in [1.82, 2.24) is 0 Å². The van der Waals surface area contributed by atoms with E-state index in [1.54, 1.807) is 0 Å². The molecule has 0 spiro atoms. The molecule has 0 amide bonds. The van der Waals surface area contributed by atoms with Gasteiger partial charge < -0.3 is 5.11 Å². The van der Waals surface area contributed by atoms with E-state index < -0.39 is 0 Å². The Morgan fingerprint density at radius 1 is 1.64 bits per heavy atom. The molecule has 0 radical (unpaired) electrons. The third-order valence-corrected chi connectivity index (χ3v) is 1.96. The van der Waals surface area contributed by atoms with Crippen LogP contribution in [0.5, 0.6) is 0 Å². The van der Waals surface area contributed by atoms with Gasteiger partial charge in [0.15, 0.2) is 0 Å². The van der Waals surface area contributed by atoms with Crippen molar-refractivity contribution in [1.29, 1.82) is 0 Å². The van der Waals surface area contributed by atoms with Gasteiger partial charge in [0.1, 0.15) is 0 Å². The smallest absolute Gasteiger partial charge is 0.0577 e. The number of halogens is 1. The van der Waals surface area contributed by atoms with E-state index in [9.17, 15) is 5.11 Å². The van der Waals surface area contributed by atoms with Gasteiger partial charge in [-0.1, -0.05) is 19.1 Å². The van der Waals surface area contributed by atoms with Gasteiger partial charge in [0.2, 0.25) is 0 Å². The average molecular weight is 177 g/mol. The fraction of sp³-hybridized carbons (Fsp3) is 0.778. The van der Waals surface area contributed by atoms with E-state index in [1.807, 2.05) is 0 Å². The van der Waals surface area contributed by atoms with E-state index in [1.165, 1.54) is 0 Å². The predicted molar refractivity (Wildman–Crippen MR) is 50.0 cm³/mol. The molecule has 0 aromatic rings. The lowest BCUT2D eigenvalue weighted by atomic mass is 10.0. The van der Waals surface area contributed by atoms with Crippen molar-refractivity contribution in [3.63, 3.8) is 0 Å². The number of aliphatic hydroxyl groups is 1. The number of rotatable bonds is 6. The van der Waals surface area contributed by atoms with Crippen molar-refractivity contribution in [2.24, 2.45) is 0 Å². The van der Waals surface area contributed by atoms with Crippen LogP contribution in [0.1, 0.15) is 32.6 Å². The van der Waals surface area contributed by atoms with Crippen molar-refractivity contribution in [2.75, 3.05) is 5.88 Å². The van der Waals surface area contributed by atoms with Gasteiger partial charge in [-0.05, 0) is 25.7 Å². The van der Waals surface area contributed by atoms with Gasteiger partial charge in [0, 0.05) is 5.88 Å². The van der Waals surface area contributed by atoms with Crippen LogP contribution >= 0.6 is 11.6 Å². The molecule has 0 saturated carbocycles. The molecule has 1 nitrogen and oxygen atoms in total. The van der Waals surface area contributed by atoms with Gasteiger partial charge in [-0.25, -0.2) is 0 Å². The van der Waals surface area contributed by atoms with E-state index >= 15 is 0 Å². The maximum atomic E-state index is 9.36. The Labute approximate surface area is 74.1 Å². The van der Waals surface area contributed by atoms with Gasteiger partial charge in [-0.2, -0.15) is 0 Å². The molecular weight excluding hydrogens is 160 g/mol. The van der Waals surface area contributed by atoms with E-state index in [4.69, 9.17) is 11.6 Å². The highest BCUT2D eigenvalue weighted by Gasteiger charge is 2.03. The summed E-state index contributed by atoms with van der Waals surface area (Å²) in [5.41, 5.74) is 1.12. The molecule has 0 aliphatic carbocycles. The van der Waals surface area contributed by atoms with Crippen molar-refractivity contribution >= 4 is 11.6 Å². The lowest BCUT2D eigenvalue weighted by Crippen LogP contribution is -2.07. The lowest BCUT2D eigenvalue weighted by Gasteiger charge is -2.09. The maximum absolute atomic E-state index is 9.36. The third-order valence-electron chi connectivity index (χ3n) is 1.70. The van der Waals surface area contributed by atoms with Gasteiger partial charge in [-0.3, -0.25) is 0 Å². The van der Waals surface area contributed by atoms with E-state index in [-0.39, 0.29) is 6.10 Å². The molecule has 0 aromatic heterocycles. The summed E-state index contributed by atoms with van der Waals surface area (Å²) in [6.45, 7) is 5.88. The summed E-state index contributed by atoms with van der Waals surface area (Å²) in [5, 5.41) is 9.36. The first kappa shape index (κ1) is 11.0. The number of aliphatic hydroxyl groups excluding tert-OH is 1. The van der Waals surface area contributed by atoms with E-state index in [0.717, 1.165) is 31.3 Å². The zero-order valence-electron chi connectivity index (χ0n) is 7.15. The molecule has 0 aliphatic heterocycles. The highest BCUT2D eigenvalue weighted by molar-refractivity contribution is 6.17. The average Bonchev–Trinajstić information content (AvgIpc) is 2.00. The lowest BCUT2D eigenvalue weighted by molar-refractivity contribution is 0.163. The summed E-state index contributed by atoms with van der Waals surface area (Å²) in [6, 6.07) is 0. The molecule has 0 bridgehead atoms. The second-order valence-electron chi connectivity index (χ2n) is 2.79. The Hall–Kier alpha value is -0.0100. The van der Waals surface area contributed by atoms with Crippen LogP contribution in [0, 0.1) is 0 Å². The summed E-state index contributed by atoms with van der Waals surface area (Å²) in [6.07, 6.45) is 3.13. The summed E-state index contributed by atoms with van der Waals surface area (Å²) in [5.74, 6) is 0.635. The van der Waals surface area contributed by atoms with Crippen molar-refractivity contribution in [3.05, 3.63) is 12.2 Å². The van der Waals surface area contributed by atoms with Crippen LogP contribution in [-0.4, -0.2) is 17.1 Å². The quantitative estimate of drug-likeness (QED) is 0.488. The second-order valence-corrected chi connectivity index (χ2v) is 3.17. The van der Waals surface area contributed by atoms with Crippen LogP contribution in [0.4, 0.5) is 0 Å². The zero-order valence-corrected chi connectivity index (χ0v) is 7.90. The van der Waals surface area contributed by atoms with Crippen LogP contribution in [0.2, 0.25) is 0 Å². The third kappa shape index (κ3) is 6.39. The van der Waals surface area contributed by atoms with Gasteiger partial charge in [0.05, 0.1) is 6.10 Å². The summed E-state index contributed by atoms with van der Waals surface area (Å²) in [7, 11) is 0. The minimum Gasteiger partial charge on any atom is -0.393 e. The molecule has 1 N–H and O–H groups in total. The van der Waals surface area contributed by atoms with Crippen LogP contribution in [-0.2, 0) is 0 Å². The maximum Gasteiger partial charge on any atom is 0.0577 e. The fourth-order valence-electron chi connectivity index (χ4n) is 0.892. The van der Waals surface area contributed by atoms with Crippen molar-refractivity contribution in [3.8, 4) is 0 Å². The number of hydrogen-bond acceptors (Lipinski definition) is 1. The molecule has 0 fully saturated rings. The molecule has 0 heterocycles. The zero-order chi connectivity index (χ0) is 8.69.